The van der Waals surface area contributed by atoms with Crippen LogP contribution in [0.5, 0.6) is 0 Å². The van der Waals surface area contributed by atoms with E-state index in [9.17, 15) is 4.79 Å². The standard InChI is InChI=1S/C12H25NO2/c1-5-7-11(6-2)13(8-10(3)4)9-12(14)15/h10-11H,5-9H2,1-4H3,(H,14,15). The van der Waals surface area contributed by atoms with Gasteiger partial charge in [0.1, 0.15) is 0 Å². The van der Waals surface area contributed by atoms with Gasteiger partial charge >= 0.3 is 5.97 Å². The molecule has 0 saturated carbocycles. The normalized spacial score (nSPS) is 13.5. The fraction of sp³-hybridized carbons (Fsp3) is 0.917. The molecule has 0 heterocycles. The number of carbonyl (C=O) groups is 1. The van der Waals surface area contributed by atoms with Crippen molar-refractivity contribution < 1.29 is 9.90 Å². The Balaban J connectivity index is 4.35. The van der Waals surface area contributed by atoms with Gasteiger partial charge in [-0.05, 0) is 18.8 Å². The van der Waals surface area contributed by atoms with Gasteiger partial charge in [0.25, 0.3) is 0 Å². The van der Waals surface area contributed by atoms with Crippen molar-refractivity contribution in [3.63, 3.8) is 0 Å². The summed E-state index contributed by atoms with van der Waals surface area (Å²) in [6, 6.07) is 0.425. The third kappa shape index (κ3) is 6.50. The highest BCUT2D eigenvalue weighted by molar-refractivity contribution is 5.69. The van der Waals surface area contributed by atoms with Gasteiger partial charge in [0.15, 0.2) is 0 Å². The zero-order chi connectivity index (χ0) is 11.8. The molecular formula is C12H25NO2. The second-order valence-corrected chi connectivity index (χ2v) is 4.57. The highest BCUT2D eigenvalue weighted by Gasteiger charge is 2.19. The van der Waals surface area contributed by atoms with Crippen molar-refractivity contribution >= 4 is 5.97 Å². The molecule has 0 aliphatic carbocycles. The number of hydrogen-bond donors (Lipinski definition) is 1. The third-order valence-corrected chi connectivity index (χ3v) is 2.55. The molecule has 0 rings (SSSR count). The van der Waals surface area contributed by atoms with E-state index in [1.54, 1.807) is 0 Å². The molecule has 0 radical (unpaired) electrons. The number of carboxylic acid groups (broad SMARTS) is 1. The number of hydrogen-bond acceptors (Lipinski definition) is 2. The molecule has 0 spiro atoms. The van der Waals surface area contributed by atoms with Crippen molar-refractivity contribution in [3.8, 4) is 0 Å². The van der Waals surface area contributed by atoms with Gasteiger partial charge in [0, 0.05) is 12.6 Å². The van der Waals surface area contributed by atoms with E-state index >= 15 is 0 Å². The number of rotatable bonds is 8. The largest absolute Gasteiger partial charge is 0.480 e. The minimum Gasteiger partial charge on any atom is -0.480 e. The lowest BCUT2D eigenvalue weighted by molar-refractivity contribution is -0.139. The van der Waals surface area contributed by atoms with Crippen LogP contribution in [0, 0.1) is 5.92 Å². The van der Waals surface area contributed by atoms with E-state index in [1.165, 1.54) is 0 Å². The predicted molar refractivity (Wildman–Crippen MR) is 63.0 cm³/mol. The molecule has 0 aliphatic heterocycles. The van der Waals surface area contributed by atoms with Crippen LogP contribution in [0.4, 0.5) is 0 Å². The van der Waals surface area contributed by atoms with E-state index in [2.05, 4.69) is 32.6 Å². The Kier molecular flexibility index (Phi) is 7.39. The average Bonchev–Trinajstić information content (AvgIpc) is 2.11. The van der Waals surface area contributed by atoms with Gasteiger partial charge < -0.3 is 5.11 Å². The summed E-state index contributed by atoms with van der Waals surface area (Å²) in [6.07, 6.45) is 3.25. The maximum absolute atomic E-state index is 10.8. The molecule has 0 fully saturated rings. The Morgan fingerprint density at radius 1 is 1.33 bits per heavy atom. The number of aliphatic carboxylic acids is 1. The minimum absolute atomic E-state index is 0.177. The van der Waals surface area contributed by atoms with E-state index in [0.717, 1.165) is 25.8 Å². The van der Waals surface area contributed by atoms with Crippen LogP contribution in [0.1, 0.15) is 47.0 Å². The van der Waals surface area contributed by atoms with E-state index < -0.39 is 5.97 Å². The van der Waals surface area contributed by atoms with Crippen molar-refractivity contribution in [1.29, 1.82) is 0 Å². The van der Waals surface area contributed by atoms with Crippen LogP contribution in [0.2, 0.25) is 0 Å². The Labute approximate surface area is 93.5 Å². The lowest BCUT2D eigenvalue weighted by atomic mass is 10.1. The first kappa shape index (κ1) is 14.4. The number of nitrogens with zero attached hydrogens (tertiary/aromatic N) is 1. The third-order valence-electron chi connectivity index (χ3n) is 2.55. The van der Waals surface area contributed by atoms with E-state index in [0.29, 0.717) is 12.0 Å². The van der Waals surface area contributed by atoms with Crippen LogP contribution in [0.25, 0.3) is 0 Å². The molecule has 0 aromatic rings. The molecule has 0 aliphatic rings. The minimum atomic E-state index is -0.717. The van der Waals surface area contributed by atoms with Gasteiger partial charge in [-0.15, -0.1) is 0 Å². The molecular weight excluding hydrogens is 190 g/mol. The fourth-order valence-corrected chi connectivity index (χ4v) is 1.96. The van der Waals surface area contributed by atoms with E-state index in [4.69, 9.17) is 5.11 Å². The van der Waals surface area contributed by atoms with Crippen LogP contribution in [-0.4, -0.2) is 35.1 Å². The van der Waals surface area contributed by atoms with Crippen molar-refractivity contribution in [2.45, 2.75) is 53.0 Å². The summed E-state index contributed by atoms with van der Waals surface area (Å²) in [7, 11) is 0. The molecule has 1 N–H and O–H groups in total. The highest BCUT2D eigenvalue weighted by Crippen LogP contribution is 2.13. The first-order valence-electron chi connectivity index (χ1n) is 5.97. The monoisotopic (exact) mass is 215 g/mol. The van der Waals surface area contributed by atoms with Gasteiger partial charge in [-0.2, -0.15) is 0 Å². The van der Waals surface area contributed by atoms with Crippen molar-refractivity contribution in [2.75, 3.05) is 13.1 Å². The molecule has 0 saturated heterocycles. The summed E-state index contributed by atoms with van der Waals surface area (Å²) < 4.78 is 0. The summed E-state index contributed by atoms with van der Waals surface area (Å²) in [5.41, 5.74) is 0. The molecule has 0 aromatic heterocycles. The van der Waals surface area contributed by atoms with Gasteiger partial charge in [-0.25, -0.2) is 0 Å². The zero-order valence-corrected chi connectivity index (χ0v) is 10.5. The summed E-state index contributed by atoms with van der Waals surface area (Å²) in [4.78, 5) is 12.9. The molecule has 90 valence electrons. The Morgan fingerprint density at radius 2 is 1.93 bits per heavy atom. The number of carboxylic acids is 1. The Hall–Kier alpha value is -0.570. The lowest BCUT2D eigenvalue weighted by Crippen LogP contribution is -2.41. The average molecular weight is 215 g/mol. The molecule has 0 aromatic carbocycles. The van der Waals surface area contributed by atoms with Crippen molar-refractivity contribution in [1.82, 2.24) is 4.90 Å². The summed E-state index contributed by atoms with van der Waals surface area (Å²) in [6.45, 7) is 9.61. The van der Waals surface area contributed by atoms with Gasteiger partial charge in [-0.1, -0.05) is 34.1 Å². The first-order valence-corrected chi connectivity index (χ1v) is 5.97. The van der Waals surface area contributed by atoms with Crippen LogP contribution in [-0.2, 0) is 4.79 Å². The predicted octanol–water partition coefficient (Wildman–Crippen LogP) is 2.61. The van der Waals surface area contributed by atoms with E-state index in [1.807, 2.05) is 0 Å². The first-order chi connectivity index (χ1) is 7.01. The quantitative estimate of drug-likeness (QED) is 0.676. The summed E-state index contributed by atoms with van der Waals surface area (Å²) in [5, 5.41) is 8.87. The van der Waals surface area contributed by atoms with Crippen molar-refractivity contribution in [3.05, 3.63) is 0 Å². The molecule has 3 nitrogen and oxygen atoms in total. The van der Waals surface area contributed by atoms with Gasteiger partial charge in [-0.3, -0.25) is 9.69 Å². The SMILES string of the molecule is CCCC(CC)N(CC(=O)O)CC(C)C. The van der Waals surface area contributed by atoms with E-state index in [-0.39, 0.29) is 6.54 Å². The second kappa shape index (κ2) is 7.69. The van der Waals surface area contributed by atoms with Crippen molar-refractivity contribution in [2.24, 2.45) is 5.92 Å². The molecule has 0 bridgehead atoms. The van der Waals surface area contributed by atoms with Crippen LogP contribution in [0.15, 0.2) is 0 Å². The summed E-state index contributed by atoms with van der Waals surface area (Å²) in [5.74, 6) is -0.194. The molecule has 0 amide bonds. The van der Waals surface area contributed by atoms with Crippen LogP contribution >= 0.6 is 0 Å². The van der Waals surface area contributed by atoms with Gasteiger partial charge in [0.05, 0.1) is 6.54 Å². The van der Waals surface area contributed by atoms with Crippen LogP contribution < -0.4 is 0 Å². The maximum Gasteiger partial charge on any atom is 0.317 e. The molecule has 15 heavy (non-hydrogen) atoms. The topological polar surface area (TPSA) is 40.5 Å². The van der Waals surface area contributed by atoms with Crippen LogP contribution in [0.3, 0.4) is 0 Å². The highest BCUT2D eigenvalue weighted by atomic mass is 16.4. The molecule has 1 unspecified atom stereocenters. The zero-order valence-electron chi connectivity index (χ0n) is 10.5. The molecule has 1 atom stereocenters. The Bertz CT molecular complexity index is 180. The summed E-state index contributed by atoms with van der Waals surface area (Å²) >= 11 is 0. The van der Waals surface area contributed by atoms with Gasteiger partial charge in [0.2, 0.25) is 0 Å². The maximum atomic E-state index is 10.8. The fourth-order valence-electron chi connectivity index (χ4n) is 1.96. The second-order valence-electron chi connectivity index (χ2n) is 4.57. The smallest absolute Gasteiger partial charge is 0.317 e. The Morgan fingerprint density at radius 3 is 2.27 bits per heavy atom. The lowest BCUT2D eigenvalue weighted by Gasteiger charge is -2.30. The molecule has 3 heteroatoms.